The van der Waals surface area contributed by atoms with Gasteiger partial charge in [0.05, 0.1) is 7.11 Å². The minimum Gasteiger partial charge on any atom is -0.467 e. The second kappa shape index (κ2) is 5.59. The number of aromatic nitrogens is 2. The molecule has 21 heavy (non-hydrogen) atoms. The zero-order valence-electron chi connectivity index (χ0n) is 11.8. The van der Waals surface area contributed by atoms with E-state index in [0.29, 0.717) is 5.69 Å². The van der Waals surface area contributed by atoms with Gasteiger partial charge >= 0.3 is 12.2 Å². The summed E-state index contributed by atoms with van der Waals surface area (Å²) in [4.78, 5) is 8.72. The lowest BCUT2D eigenvalue weighted by Crippen LogP contribution is -2.19. The van der Waals surface area contributed by atoms with E-state index in [2.05, 4.69) is 9.97 Å². The first-order valence-electron chi connectivity index (χ1n) is 6.11. The minimum atomic E-state index is -4.54. The van der Waals surface area contributed by atoms with Crippen LogP contribution in [-0.4, -0.2) is 24.1 Å². The average molecular weight is 297 g/mol. The average Bonchev–Trinajstić information content (AvgIpc) is 2.45. The second-order valence-corrected chi connectivity index (χ2v) is 4.49. The molecule has 1 aromatic heterocycles. The molecular formula is C14H14F3N3O. The summed E-state index contributed by atoms with van der Waals surface area (Å²) in [6, 6.07) is 6.97. The van der Waals surface area contributed by atoms with Crippen LogP contribution in [-0.2, 0) is 6.18 Å². The molecule has 0 spiro atoms. The molecule has 0 saturated heterocycles. The van der Waals surface area contributed by atoms with Gasteiger partial charge in [-0.3, -0.25) is 0 Å². The number of alkyl halides is 3. The van der Waals surface area contributed by atoms with Gasteiger partial charge in [-0.1, -0.05) is 17.7 Å². The summed E-state index contributed by atoms with van der Waals surface area (Å²) in [5.74, 6) is -0.252. The zero-order chi connectivity index (χ0) is 15.6. The molecule has 0 aliphatic carbocycles. The Bertz CT molecular complexity index is 626. The molecule has 1 aromatic carbocycles. The van der Waals surface area contributed by atoms with E-state index in [-0.39, 0.29) is 11.8 Å². The van der Waals surface area contributed by atoms with E-state index >= 15 is 0 Å². The van der Waals surface area contributed by atoms with Crippen LogP contribution in [0.2, 0.25) is 0 Å². The van der Waals surface area contributed by atoms with Gasteiger partial charge in [0.1, 0.15) is 5.56 Å². The molecule has 0 N–H and O–H groups in total. The van der Waals surface area contributed by atoms with Crippen molar-refractivity contribution < 1.29 is 17.9 Å². The molecule has 0 radical (unpaired) electrons. The number of rotatable bonds is 3. The Hall–Kier alpha value is -2.31. The molecule has 2 aromatic rings. The van der Waals surface area contributed by atoms with E-state index in [1.165, 1.54) is 19.1 Å². The van der Waals surface area contributed by atoms with E-state index in [1.807, 2.05) is 19.1 Å². The van der Waals surface area contributed by atoms with Crippen molar-refractivity contribution in [3.63, 3.8) is 0 Å². The van der Waals surface area contributed by atoms with E-state index in [9.17, 15) is 13.2 Å². The molecule has 4 nitrogen and oxygen atoms in total. The highest BCUT2D eigenvalue weighted by Gasteiger charge is 2.36. The summed E-state index contributed by atoms with van der Waals surface area (Å²) in [7, 11) is 2.82. The first kappa shape index (κ1) is 15.1. The highest BCUT2D eigenvalue weighted by molar-refractivity contribution is 5.62. The Kier molecular flexibility index (Phi) is 4.02. The fraction of sp³-hybridized carbons (Fsp3) is 0.286. The van der Waals surface area contributed by atoms with Crippen molar-refractivity contribution in [3.8, 4) is 6.01 Å². The van der Waals surface area contributed by atoms with Gasteiger partial charge in [-0.15, -0.1) is 0 Å². The first-order chi connectivity index (χ1) is 9.82. The maximum absolute atomic E-state index is 13.1. The Morgan fingerprint density at radius 3 is 2.29 bits per heavy atom. The van der Waals surface area contributed by atoms with Crippen LogP contribution in [0.5, 0.6) is 6.01 Å². The smallest absolute Gasteiger partial charge is 0.421 e. The number of hydrogen-bond acceptors (Lipinski definition) is 4. The maximum atomic E-state index is 13.1. The fourth-order valence-corrected chi connectivity index (χ4v) is 1.80. The summed E-state index contributed by atoms with van der Waals surface area (Å²) in [6.07, 6.45) is -3.81. The highest BCUT2D eigenvalue weighted by Crippen LogP contribution is 2.37. The monoisotopic (exact) mass is 297 g/mol. The van der Waals surface area contributed by atoms with Crippen molar-refractivity contribution >= 4 is 11.5 Å². The normalized spacial score (nSPS) is 11.3. The van der Waals surface area contributed by atoms with Crippen LogP contribution in [0.3, 0.4) is 0 Å². The van der Waals surface area contributed by atoms with Crippen LogP contribution in [0.1, 0.15) is 11.1 Å². The third-order valence-electron chi connectivity index (χ3n) is 2.97. The summed E-state index contributed by atoms with van der Waals surface area (Å²) < 4.78 is 44.0. The molecule has 0 aliphatic rings. The largest absolute Gasteiger partial charge is 0.467 e. The zero-order valence-corrected chi connectivity index (χ0v) is 11.8. The SMILES string of the molecule is COc1ncc(C(F)(F)F)c(N(C)c2ccc(C)cc2)n1. The number of methoxy groups -OCH3 is 1. The topological polar surface area (TPSA) is 38.2 Å². The Balaban J connectivity index is 2.52. The molecule has 7 heteroatoms. The highest BCUT2D eigenvalue weighted by atomic mass is 19.4. The molecule has 112 valence electrons. The van der Waals surface area contributed by atoms with Crippen LogP contribution >= 0.6 is 0 Å². The van der Waals surface area contributed by atoms with Crippen molar-refractivity contribution in [3.05, 3.63) is 41.6 Å². The lowest BCUT2D eigenvalue weighted by atomic mass is 10.2. The third kappa shape index (κ3) is 3.24. The number of nitrogens with zero attached hydrogens (tertiary/aromatic N) is 3. The van der Waals surface area contributed by atoms with Gasteiger partial charge in [0.2, 0.25) is 0 Å². The second-order valence-electron chi connectivity index (χ2n) is 4.49. The van der Waals surface area contributed by atoms with E-state index in [4.69, 9.17) is 4.74 Å². The standard InChI is InChI=1S/C14H14F3N3O/c1-9-4-6-10(7-5-9)20(2)12-11(14(15,16)17)8-18-13(19-12)21-3/h4-8H,1-3H3. The predicted molar refractivity (Wildman–Crippen MR) is 72.8 cm³/mol. The number of halogens is 3. The van der Waals surface area contributed by atoms with Gasteiger partial charge in [-0.05, 0) is 19.1 Å². The van der Waals surface area contributed by atoms with E-state index < -0.39 is 11.7 Å². The molecule has 0 fully saturated rings. The van der Waals surface area contributed by atoms with E-state index in [0.717, 1.165) is 11.8 Å². The summed E-state index contributed by atoms with van der Waals surface area (Å²) in [5, 5.41) is 0. The van der Waals surface area contributed by atoms with E-state index in [1.54, 1.807) is 12.1 Å². The number of hydrogen-bond donors (Lipinski definition) is 0. The molecule has 0 atom stereocenters. The van der Waals surface area contributed by atoms with Gasteiger partial charge in [0.15, 0.2) is 5.82 Å². The molecule has 1 heterocycles. The first-order valence-corrected chi connectivity index (χ1v) is 6.11. The van der Waals surface area contributed by atoms with Gasteiger partial charge < -0.3 is 9.64 Å². The van der Waals surface area contributed by atoms with Crippen molar-refractivity contribution in [2.75, 3.05) is 19.1 Å². The number of aryl methyl sites for hydroxylation is 1. The summed E-state index contributed by atoms with van der Waals surface area (Å²) in [6.45, 7) is 1.90. The number of anilines is 2. The molecule has 0 aliphatic heterocycles. The molecule has 0 unspecified atom stereocenters. The molecule has 0 amide bonds. The van der Waals surface area contributed by atoms with Crippen LogP contribution < -0.4 is 9.64 Å². The summed E-state index contributed by atoms with van der Waals surface area (Å²) >= 11 is 0. The number of benzene rings is 1. The van der Waals surface area contributed by atoms with Crippen molar-refractivity contribution in [2.45, 2.75) is 13.1 Å². The molecule has 0 bridgehead atoms. The van der Waals surface area contributed by atoms with Gasteiger partial charge in [-0.25, -0.2) is 4.98 Å². The van der Waals surface area contributed by atoms with Crippen molar-refractivity contribution in [2.24, 2.45) is 0 Å². The maximum Gasteiger partial charge on any atom is 0.421 e. The van der Waals surface area contributed by atoms with Crippen LogP contribution in [0.25, 0.3) is 0 Å². The minimum absolute atomic E-state index is 0.114. The Morgan fingerprint density at radius 1 is 1.14 bits per heavy atom. The van der Waals surface area contributed by atoms with Crippen LogP contribution in [0, 0.1) is 6.92 Å². The van der Waals surface area contributed by atoms with Crippen molar-refractivity contribution in [1.29, 1.82) is 0 Å². The Morgan fingerprint density at radius 2 is 1.76 bits per heavy atom. The van der Waals surface area contributed by atoms with Crippen LogP contribution in [0.15, 0.2) is 30.5 Å². The fourth-order valence-electron chi connectivity index (χ4n) is 1.80. The summed E-state index contributed by atoms with van der Waals surface area (Å²) in [5.41, 5.74) is 0.696. The molecule has 2 rings (SSSR count). The molecule has 0 saturated carbocycles. The van der Waals surface area contributed by atoms with Crippen molar-refractivity contribution in [1.82, 2.24) is 9.97 Å². The predicted octanol–water partition coefficient (Wildman–Crippen LogP) is 3.58. The van der Waals surface area contributed by atoms with Gasteiger partial charge in [-0.2, -0.15) is 18.2 Å². The molecular weight excluding hydrogens is 283 g/mol. The Labute approximate surface area is 120 Å². The quantitative estimate of drug-likeness (QED) is 0.868. The lowest BCUT2D eigenvalue weighted by molar-refractivity contribution is -0.137. The lowest BCUT2D eigenvalue weighted by Gasteiger charge is -2.22. The van der Waals surface area contributed by atoms with Gasteiger partial charge in [0.25, 0.3) is 0 Å². The van der Waals surface area contributed by atoms with Gasteiger partial charge in [0, 0.05) is 18.9 Å². The van der Waals surface area contributed by atoms with Crippen LogP contribution in [0.4, 0.5) is 24.7 Å². The third-order valence-corrected chi connectivity index (χ3v) is 2.97. The number of ether oxygens (including phenoxy) is 1.